The molecule has 1 aliphatic carbocycles. The molecule has 2 aromatic carbocycles. The molecule has 180 valence electrons. The van der Waals surface area contributed by atoms with E-state index in [1.165, 1.54) is 42.3 Å². The summed E-state index contributed by atoms with van der Waals surface area (Å²) in [6.45, 7) is 0.0230. The Kier molecular flexibility index (Phi) is 6.44. The topological polar surface area (TPSA) is 81.8 Å². The summed E-state index contributed by atoms with van der Waals surface area (Å²) < 4.78 is 40.9. The molecule has 7 nitrogen and oxygen atoms in total. The van der Waals surface area contributed by atoms with Crippen molar-refractivity contribution in [3.05, 3.63) is 64.9 Å². The fourth-order valence-corrected chi connectivity index (χ4v) is 4.38. The van der Waals surface area contributed by atoms with E-state index in [2.05, 4.69) is 10.6 Å². The average Bonchev–Trinajstić information content (AvgIpc) is 3.09. The molecule has 34 heavy (non-hydrogen) atoms. The smallest absolute Gasteiger partial charge is 0.317 e. The molecule has 11 heteroatoms. The van der Waals surface area contributed by atoms with E-state index in [1.54, 1.807) is 12.1 Å². The largest absolute Gasteiger partial charge is 0.351 e. The van der Waals surface area contributed by atoms with Crippen LogP contribution in [0, 0.1) is 5.82 Å². The fraction of sp³-hybridized carbons (Fsp3) is 0.348. The van der Waals surface area contributed by atoms with Crippen molar-refractivity contribution in [2.75, 3.05) is 18.5 Å². The quantitative estimate of drug-likeness (QED) is 0.645. The third-order valence-corrected chi connectivity index (χ3v) is 6.21. The van der Waals surface area contributed by atoms with Crippen molar-refractivity contribution in [3.8, 4) is 0 Å². The van der Waals surface area contributed by atoms with Crippen LogP contribution >= 0.6 is 11.6 Å². The van der Waals surface area contributed by atoms with Crippen LogP contribution in [0.4, 0.5) is 23.7 Å². The van der Waals surface area contributed by atoms with Gasteiger partial charge in [0.2, 0.25) is 5.91 Å². The number of anilines is 1. The van der Waals surface area contributed by atoms with E-state index in [0.29, 0.717) is 0 Å². The van der Waals surface area contributed by atoms with Crippen LogP contribution in [-0.2, 0) is 9.59 Å². The summed E-state index contributed by atoms with van der Waals surface area (Å²) >= 11 is 6.38. The number of amides is 4. The zero-order chi connectivity index (χ0) is 24.6. The number of nitrogens with one attached hydrogen (secondary N) is 2. The molecule has 0 radical (unpaired) electrons. The second kappa shape index (κ2) is 9.17. The Labute approximate surface area is 198 Å². The molecule has 1 aliphatic heterocycles. The lowest BCUT2D eigenvalue weighted by Gasteiger charge is -2.38. The van der Waals surface area contributed by atoms with Gasteiger partial charge in [0.15, 0.2) is 0 Å². The maximum atomic E-state index is 14.2. The number of nitrogens with zero attached hydrogens (tertiary/aromatic N) is 2. The molecular formula is C23H22ClF3N4O3. The van der Waals surface area contributed by atoms with Crippen LogP contribution in [-0.4, -0.2) is 54.3 Å². The molecule has 4 amide bonds. The highest BCUT2D eigenvalue weighted by Crippen LogP contribution is 2.39. The van der Waals surface area contributed by atoms with Crippen LogP contribution in [0.15, 0.2) is 48.5 Å². The predicted molar refractivity (Wildman–Crippen MR) is 119 cm³/mol. The summed E-state index contributed by atoms with van der Waals surface area (Å²) in [5.41, 5.74) is 0.274. The summed E-state index contributed by atoms with van der Waals surface area (Å²) in [4.78, 5) is 41.5. The van der Waals surface area contributed by atoms with Crippen LogP contribution in [0.3, 0.4) is 0 Å². The van der Waals surface area contributed by atoms with Crippen molar-refractivity contribution >= 4 is 35.1 Å². The van der Waals surface area contributed by atoms with Gasteiger partial charge in [-0.2, -0.15) is 0 Å². The Bertz CT molecular complexity index is 1120. The minimum absolute atomic E-state index is 0.0230. The number of halogens is 4. The van der Waals surface area contributed by atoms with E-state index in [0.717, 1.165) is 11.0 Å². The highest BCUT2D eigenvalue weighted by molar-refractivity contribution is 6.31. The molecule has 1 heterocycles. The van der Waals surface area contributed by atoms with Crippen LogP contribution in [0.25, 0.3) is 0 Å². The third-order valence-electron chi connectivity index (χ3n) is 5.87. The standard InChI is InChI=1S/C23H22ClF3N4O3/c1-30-12-18(29-22(30)34)21(33)31(15-6-4-5-13(25)9-15)19(16-7-2-3-8-17(16)24)20(32)28-14-10-23(26,27)11-14/h2-9,14,18-19H,10-12H2,1H3,(H,28,32)(H,29,34). The van der Waals surface area contributed by atoms with Gasteiger partial charge in [-0.1, -0.05) is 35.9 Å². The number of benzene rings is 2. The first-order valence-electron chi connectivity index (χ1n) is 10.6. The molecule has 2 aromatic rings. The molecule has 2 N–H and O–H groups in total. The van der Waals surface area contributed by atoms with E-state index in [-0.39, 0.29) is 22.8 Å². The number of carbonyl (C=O) groups excluding carboxylic acids is 3. The molecule has 0 bridgehead atoms. The van der Waals surface area contributed by atoms with Gasteiger partial charge < -0.3 is 15.5 Å². The van der Waals surface area contributed by atoms with Crippen LogP contribution in [0.2, 0.25) is 5.02 Å². The number of hydrogen-bond donors (Lipinski definition) is 2. The number of urea groups is 1. The van der Waals surface area contributed by atoms with Crippen molar-refractivity contribution in [1.82, 2.24) is 15.5 Å². The molecule has 2 aliphatic rings. The van der Waals surface area contributed by atoms with Gasteiger partial charge >= 0.3 is 6.03 Å². The minimum Gasteiger partial charge on any atom is -0.351 e. The van der Waals surface area contributed by atoms with Gasteiger partial charge in [-0.3, -0.25) is 14.5 Å². The predicted octanol–water partition coefficient (Wildman–Crippen LogP) is 3.49. The molecule has 2 fully saturated rings. The number of alkyl halides is 2. The van der Waals surface area contributed by atoms with Gasteiger partial charge in [0, 0.05) is 42.2 Å². The number of hydrogen-bond acceptors (Lipinski definition) is 3. The van der Waals surface area contributed by atoms with Gasteiger partial charge in [-0.25, -0.2) is 18.0 Å². The molecular weight excluding hydrogens is 473 g/mol. The molecule has 2 atom stereocenters. The number of carbonyl (C=O) groups is 3. The summed E-state index contributed by atoms with van der Waals surface area (Å²) in [6.07, 6.45) is -1.04. The Balaban J connectivity index is 1.77. The molecule has 4 rings (SSSR count). The minimum atomic E-state index is -2.87. The van der Waals surface area contributed by atoms with E-state index >= 15 is 0 Å². The monoisotopic (exact) mass is 494 g/mol. The second-order valence-corrected chi connectivity index (χ2v) is 8.87. The highest BCUT2D eigenvalue weighted by Gasteiger charge is 2.48. The van der Waals surface area contributed by atoms with Crippen molar-refractivity contribution in [3.63, 3.8) is 0 Å². The fourth-order valence-electron chi connectivity index (χ4n) is 4.14. The Morgan fingerprint density at radius 3 is 2.50 bits per heavy atom. The van der Waals surface area contributed by atoms with Gasteiger partial charge in [0.05, 0.1) is 6.54 Å². The van der Waals surface area contributed by atoms with Crippen LogP contribution in [0.5, 0.6) is 0 Å². The van der Waals surface area contributed by atoms with Crippen molar-refractivity contribution in [2.45, 2.75) is 36.9 Å². The van der Waals surface area contributed by atoms with Gasteiger partial charge in [-0.15, -0.1) is 0 Å². The zero-order valence-electron chi connectivity index (χ0n) is 18.1. The van der Waals surface area contributed by atoms with Gasteiger partial charge in [-0.05, 0) is 24.3 Å². The lowest BCUT2D eigenvalue weighted by Crippen LogP contribution is -2.56. The van der Waals surface area contributed by atoms with Crippen molar-refractivity contribution in [1.29, 1.82) is 0 Å². The Hall–Kier alpha value is -3.27. The SMILES string of the molecule is CN1CC(C(=O)N(c2cccc(F)c2)C(C(=O)NC2CC(F)(F)C2)c2ccccc2Cl)NC1=O. The summed E-state index contributed by atoms with van der Waals surface area (Å²) in [6, 6.07) is 7.68. The van der Waals surface area contributed by atoms with Crippen molar-refractivity contribution < 1.29 is 27.6 Å². The third kappa shape index (κ3) is 4.82. The molecule has 2 unspecified atom stereocenters. The first kappa shape index (κ1) is 23.9. The first-order chi connectivity index (χ1) is 16.1. The van der Waals surface area contributed by atoms with Gasteiger partial charge in [0.1, 0.15) is 17.9 Å². The lowest BCUT2D eigenvalue weighted by atomic mass is 9.87. The summed E-state index contributed by atoms with van der Waals surface area (Å²) in [7, 11) is 1.50. The maximum absolute atomic E-state index is 14.2. The van der Waals surface area contributed by atoms with E-state index < -0.39 is 60.6 Å². The van der Waals surface area contributed by atoms with E-state index in [9.17, 15) is 27.6 Å². The van der Waals surface area contributed by atoms with Gasteiger partial charge in [0.25, 0.3) is 11.8 Å². The zero-order valence-corrected chi connectivity index (χ0v) is 18.9. The molecule has 1 saturated heterocycles. The summed E-state index contributed by atoms with van der Waals surface area (Å²) in [5, 5.41) is 5.26. The number of rotatable bonds is 6. The van der Waals surface area contributed by atoms with E-state index in [4.69, 9.17) is 11.6 Å². The summed E-state index contributed by atoms with van der Waals surface area (Å²) in [5.74, 6) is -4.94. The number of likely N-dealkylation sites (N-methyl/N-ethyl adjacent to an activating group) is 1. The first-order valence-corrected chi connectivity index (χ1v) is 11.0. The normalized spacial score (nSPS) is 20.3. The second-order valence-electron chi connectivity index (χ2n) is 8.46. The maximum Gasteiger partial charge on any atom is 0.317 e. The van der Waals surface area contributed by atoms with E-state index in [1.807, 2.05) is 0 Å². The lowest BCUT2D eigenvalue weighted by molar-refractivity contribution is -0.133. The van der Waals surface area contributed by atoms with Crippen LogP contribution < -0.4 is 15.5 Å². The Morgan fingerprint density at radius 1 is 1.21 bits per heavy atom. The Morgan fingerprint density at radius 2 is 1.91 bits per heavy atom. The molecule has 0 spiro atoms. The van der Waals surface area contributed by atoms with Crippen molar-refractivity contribution in [2.24, 2.45) is 0 Å². The average molecular weight is 495 g/mol. The van der Waals surface area contributed by atoms with Crippen LogP contribution in [0.1, 0.15) is 24.4 Å². The molecule has 0 aromatic heterocycles. The highest BCUT2D eigenvalue weighted by atomic mass is 35.5. The molecule has 1 saturated carbocycles.